The molecule has 0 radical (unpaired) electrons. The van der Waals surface area contributed by atoms with Crippen LogP contribution in [0.5, 0.6) is 0 Å². The van der Waals surface area contributed by atoms with Crippen molar-refractivity contribution in [3.05, 3.63) is 12.2 Å². The zero-order chi connectivity index (χ0) is 5.98. The highest BCUT2D eigenvalue weighted by Gasteiger charge is 1.91. The molecule has 1 aromatic heterocycles. The lowest BCUT2D eigenvalue weighted by atomic mass is 10.7. The molecule has 0 aliphatic rings. The van der Waals surface area contributed by atoms with Gasteiger partial charge in [0.25, 0.3) is 0 Å². The van der Waals surface area contributed by atoms with Crippen molar-refractivity contribution in [3.8, 4) is 0 Å². The highest BCUT2D eigenvalue weighted by atomic mass is 16.3. The molecule has 1 rings (SSSR count). The molecule has 0 amide bonds. The maximum absolute atomic E-state index is 8.36. The SMILES string of the molecule is Nn1cnc(CO)n1. The molecule has 0 atom stereocenters. The standard InChI is InChI=1S/C3H6N4O/c4-7-2-5-3(1-8)6-7/h2,8H,1,4H2. The average Bonchev–Trinajstić information content (AvgIpc) is 2.14. The van der Waals surface area contributed by atoms with E-state index >= 15 is 0 Å². The predicted octanol–water partition coefficient (Wildman–Crippen LogP) is -1.52. The molecule has 0 bridgehead atoms. The van der Waals surface area contributed by atoms with Crippen LogP contribution in [0.2, 0.25) is 0 Å². The summed E-state index contributed by atoms with van der Waals surface area (Å²) in [5.74, 6) is 5.43. The maximum atomic E-state index is 8.36. The monoisotopic (exact) mass is 114 g/mol. The molecular weight excluding hydrogens is 108 g/mol. The number of hydrogen-bond donors (Lipinski definition) is 2. The lowest BCUT2D eigenvalue weighted by Gasteiger charge is -1.81. The van der Waals surface area contributed by atoms with E-state index in [2.05, 4.69) is 10.1 Å². The van der Waals surface area contributed by atoms with Crippen LogP contribution in [0.15, 0.2) is 6.33 Å². The fourth-order valence-corrected chi connectivity index (χ4v) is 0.383. The van der Waals surface area contributed by atoms with E-state index in [0.29, 0.717) is 5.82 Å². The molecule has 3 N–H and O–H groups in total. The van der Waals surface area contributed by atoms with Gasteiger partial charge < -0.3 is 10.9 Å². The number of nitrogen functional groups attached to an aromatic ring is 1. The molecule has 0 spiro atoms. The predicted molar refractivity (Wildman–Crippen MR) is 26.1 cm³/mol. The average molecular weight is 114 g/mol. The molecule has 1 aromatic rings. The summed E-state index contributed by atoms with van der Waals surface area (Å²) in [6.07, 6.45) is 1.32. The summed E-state index contributed by atoms with van der Waals surface area (Å²) in [6, 6.07) is 0. The van der Waals surface area contributed by atoms with Crippen LogP contribution in [0, 0.1) is 0 Å². The molecular formula is C3H6N4O. The van der Waals surface area contributed by atoms with E-state index in [-0.39, 0.29) is 6.61 Å². The quantitative estimate of drug-likeness (QED) is 0.435. The van der Waals surface area contributed by atoms with Gasteiger partial charge in [-0.15, -0.1) is 5.10 Å². The third-order valence-electron chi connectivity index (χ3n) is 0.697. The summed E-state index contributed by atoms with van der Waals surface area (Å²) < 4.78 is 0. The Morgan fingerprint density at radius 2 is 2.62 bits per heavy atom. The van der Waals surface area contributed by atoms with Gasteiger partial charge in [0.15, 0.2) is 5.82 Å². The molecule has 0 saturated carbocycles. The Kier molecular flexibility index (Phi) is 1.13. The normalized spacial score (nSPS) is 9.62. The van der Waals surface area contributed by atoms with Crippen molar-refractivity contribution >= 4 is 0 Å². The van der Waals surface area contributed by atoms with Crippen molar-refractivity contribution in [1.82, 2.24) is 14.9 Å². The number of nitrogens with two attached hydrogens (primary N) is 1. The van der Waals surface area contributed by atoms with Crippen LogP contribution in [-0.4, -0.2) is 20.0 Å². The van der Waals surface area contributed by atoms with E-state index in [1.807, 2.05) is 0 Å². The Balaban J connectivity index is 2.84. The Morgan fingerprint density at radius 3 is 2.88 bits per heavy atom. The van der Waals surface area contributed by atoms with Gasteiger partial charge in [-0.3, -0.25) is 0 Å². The molecule has 1 heterocycles. The van der Waals surface area contributed by atoms with Gasteiger partial charge in [0.05, 0.1) is 0 Å². The second-order valence-corrected chi connectivity index (χ2v) is 1.30. The van der Waals surface area contributed by atoms with Gasteiger partial charge in [0, 0.05) is 0 Å². The second-order valence-electron chi connectivity index (χ2n) is 1.30. The summed E-state index contributed by atoms with van der Waals surface area (Å²) in [7, 11) is 0. The first-order chi connectivity index (χ1) is 3.83. The molecule has 5 heteroatoms. The minimum absolute atomic E-state index is 0.163. The molecule has 0 aliphatic heterocycles. The number of aliphatic hydroxyl groups is 1. The molecule has 0 fully saturated rings. The van der Waals surface area contributed by atoms with Gasteiger partial charge >= 0.3 is 0 Å². The van der Waals surface area contributed by atoms with E-state index in [0.717, 1.165) is 4.79 Å². The van der Waals surface area contributed by atoms with Crippen molar-refractivity contribution in [1.29, 1.82) is 0 Å². The number of aromatic nitrogens is 3. The van der Waals surface area contributed by atoms with Gasteiger partial charge in [0.1, 0.15) is 12.9 Å². The van der Waals surface area contributed by atoms with Gasteiger partial charge in [-0.1, -0.05) is 0 Å². The fraction of sp³-hybridized carbons (Fsp3) is 0.333. The van der Waals surface area contributed by atoms with Gasteiger partial charge in [-0.2, -0.15) is 4.79 Å². The van der Waals surface area contributed by atoms with E-state index in [1.165, 1.54) is 6.33 Å². The molecule has 0 unspecified atom stereocenters. The molecule has 0 aromatic carbocycles. The largest absolute Gasteiger partial charge is 0.388 e. The van der Waals surface area contributed by atoms with Crippen molar-refractivity contribution in [2.75, 3.05) is 5.84 Å². The van der Waals surface area contributed by atoms with Crippen LogP contribution in [0.1, 0.15) is 5.82 Å². The van der Waals surface area contributed by atoms with Crippen molar-refractivity contribution in [2.45, 2.75) is 6.61 Å². The summed E-state index contributed by atoms with van der Waals surface area (Å²) in [5.41, 5.74) is 0. The first kappa shape index (κ1) is 5.04. The lowest BCUT2D eigenvalue weighted by molar-refractivity contribution is 0.271. The van der Waals surface area contributed by atoms with Crippen LogP contribution >= 0.6 is 0 Å². The third kappa shape index (κ3) is 0.760. The van der Waals surface area contributed by atoms with Gasteiger partial charge in [-0.05, 0) is 0 Å². The number of nitrogens with zero attached hydrogens (tertiary/aromatic N) is 3. The number of rotatable bonds is 1. The van der Waals surface area contributed by atoms with Crippen LogP contribution in [0.25, 0.3) is 0 Å². The molecule has 0 aliphatic carbocycles. The van der Waals surface area contributed by atoms with Crippen molar-refractivity contribution < 1.29 is 5.11 Å². The second kappa shape index (κ2) is 1.79. The minimum atomic E-state index is -0.163. The molecule has 44 valence electrons. The van der Waals surface area contributed by atoms with Crippen molar-refractivity contribution in [2.24, 2.45) is 0 Å². The Hall–Kier alpha value is -1.10. The third-order valence-corrected chi connectivity index (χ3v) is 0.697. The van der Waals surface area contributed by atoms with Gasteiger partial charge in [0.2, 0.25) is 0 Å². The summed E-state index contributed by atoms with van der Waals surface area (Å²) >= 11 is 0. The lowest BCUT2D eigenvalue weighted by Crippen LogP contribution is -2.08. The smallest absolute Gasteiger partial charge is 0.178 e. The number of aliphatic hydroxyl groups excluding tert-OH is 1. The van der Waals surface area contributed by atoms with E-state index in [4.69, 9.17) is 10.9 Å². The minimum Gasteiger partial charge on any atom is -0.388 e. The molecule has 5 nitrogen and oxygen atoms in total. The zero-order valence-electron chi connectivity index (χ0n) is 4.15. The van der Waals surface area contributed by atoms with E-state index < -0.39 is 0 Å². The Morgan fingerprint density at radius 1 is 1.88 bits per heavy atom. The summed E-state index contributed by atoms with van der Waals surface area (Å²) in [6.45, 7) is -0.163. The van der Waals surface area contributed by atoms with Crippen LogP contribution in [0.4, 0.5) is 0 Å². The molecule has 0 saturated heterocycles. The first-order valence-corrected chi connectivity index (χ1v) is 2.09. The van der Waals surface area contributed by atoms with E-state index in [9.17, 15) is 0 Å². The zero-order valence-corrected chi connectivity index (χ0v) is 4.15. The summed E-state index contributed by atoms with van der Waals surface area (Å²) in [5, 5.41) is 11.9. The first-order valence-electron chi connectivity index (χ1n) is 2.09. The topological polar surface area (TPSA) is 77.0 Å². The van der Waals surface area contributed by atoms with Crippen molar-refractivity contribution in [3.63, 3.8) is 0 Å². The number of hydrogen-bond acceptors (Lipinski definition) is 4. The van der Waals surface area contributed by atoms with Gasteiger partial charge in [-0.25, -0.2) is 4.98 Å². The summed E-state index contributed by atoms with van der Waals surface area (Å²) in [4.78, 5) is 4.66. The highest BCUT2D eigenvalue weighted by Crippen LogP contribution is 1.82. The van der Waals surface area contributed by atoms with Crippen LogP contribution < -0.4 is 5.84 Å². The fourth-order valence-electron chi connectivity index (χ4n) is 0.383. The van der Waals surface area contributed by atoms with Crippen LogP contribution in [-0.2, 0) is 6.61 Å². The maximum Gasteiger partial charge on any atom is 0.178 e. The van der Waals surface area contributed by atoms with E-state index in [1.54, 1.807) is 0 Å². The molecule has 8 heavy (non-hydrogen) atoms. The highest BCUT2D eigenvalue weighted by molar-refractivity contribution is 4.76. The van der Waals surface area contributed by atoms with Crippen LogP contribution in [0.3, 0.4) is 0 Å². The Labute approximate surface area is 45.7 Å². The Bertz CT molecular complexity index is 172.